The first-order valence-electron chi connectivity index (χ1n) is 8.71. The molecule has 0 saturated heterocycles. The maximum absolute atomic E-state index is 12.9. The summed E-state index contributed by atoms with van der Waals surface area (Å²) in [6.07, 6.45) is -0.392. The average Bonchev–Trinajstić information content (AvgIpc) is 2.68. The minimum absolute atomic E-state index is 0.137. The monoisotopic (exact) mass is 387 g/mol. The van der Waals surface area contributed by atoms with Crippen molar-refractivity contribution in [3.63, 3.8) is 0 Å². The van der Waals surface area contributed by atoms with Gasteiger partial charge in [-0.05, 0) is 30.7 Å². The van der Waals surface area contributed by atoms with Gasteiger partial charge < -0.3 is 19.7 Å². The van der Waals surface area contributed by atoms with Crippen LogP contribution in [0.5, 0.6) is 5.75 Å². The molecule has 1 N–H and O–H groups in total. The van der Waals surface area contributed by atoms with Crippen molar-refractivity contribution in [1.82, 2.24) is 5.32 Å². The number of anilines is 1. The van der Waals surface area contributed by atoms with Gasteiger partial charge in [0.2, 0.25) is 0 Å². The number of nitrogens with one attached hydrogen (secondary N) is 1. The predicted molar refractivity (Wildman–Crippen MR) is 107 cm³/mol. The fourth-order valence-electron chi connectivity index (χ4n) is 2.99. The first kappa shape index (κ1) is 21.2. The zero-order valence-corrected chi connectivity index (χ0v) is 16.6. The molecule has 0 aliphatic heterocycles. The van der Waals surface area contributed by atoms with Crippen molar-refractivity contribution in [1.29, 1.82) is 0 Å². The molecular weight excluding hydrogens is 362 g/mol. The zero-order chi connectivity index (χ0) is 20.8. The molecule has 2 aromatic rings. The SMILES string of the molecule is COc1ccc(C(OC)C(C)NC(=O)c2cc([N+](=O)[O-])ccc2N(C)C)cc1. The highest BCUT2D eigenvalue weighted by atomic mass is 16.6. The highest BCUT2D eigenvalue weighted by molar-refractivity contribution is 6.00. The Bertz CT molecular complexity index is 836. The summed E-state index contributed by atoms with van der Waals surface area (Å²) in [5.74, 6) is 0.318. The summed E-state index contributed by atoms with van der Waals surface area (Å²) in [6, 6.07) is 11.2. The molecular formula is C20H25N3O5. The summed E-state index contributed by atoms with van der Waals surface area (Å²) in [7, 11) is 6.70. The number of amides is 1. The van der Waals surface area contributed by atoms with Gasteiger partial charge in [-0.2, -0.15) is 0 Å². The number of nitrogens with zero attached hydrogens (tertiary/aromatic N) is 2. The van der Waals surface area contributed by atoms with Gasteiger partial charge in [-0.1, -0.05) is 12.1 Å². The summed E-state index contributed by atoms with van der Waals surface area (Å²) in [4.78, 5) is 25.2. The number of nitro groups is 1. The van der Waals surface area contributed by atoms with Crippen LogP contribution in [0.15, 0.2) is 42.5 Å². The molecule has 0 spiro atoms. The van der Waals surface area contributed by atoms with E-state index in [1.54, 1.807) is 39.3 Å². The van der Waals surface area contributed by atoms with Crippen molar-refractivity contribution < 1.29 is 19.2 Å². The molecule has 1 amide bonds. The van der Waals surface area contributed by atoms with Crippen molar-refractivity contribution >= 4 is 17.3 Å². The predicted octanol–water partition coefficient (Wildman–Crippen LogP) is 3.18. The number of hydrogen-bond donors (Lipinski definition) is 1. The minimum Gasteiger partial charge on any atom is -0.497 e. The molecule has 0 radical (unpaired) electrons. The summed E-state index contributed by atoms with van der Waals surface area (Å²) >= 11 is 0. The van der Waals surface area contributed by atoms with Gasteiger partial charge in [-0.15, -0.1) is 0 Å². The van der Waals surface area contributed by atoms with E-state index in [0.717, 1.165) is 11.3 Å². The molecule has 0 bridgehead atoms. The van der Waals surface area contributed by atoms with E-state index < -0.39 is 16.9 Å². The molecule has 8 nitrogen and oxygen atoms in total. The van der Waals surface area contributed by atoms with Crippen molar-refractivity contribution in [2.45, 2.75) is 19.1 Å². The number of carbonyl (C=O) groups is 1. The van der Waals surface area contributed by atoms with E-state index >= 15 is 0 Å². The van der Waals surface area contributed by atoms with Crippen LogP contribution in [0.1, 0.15) is 28.9 Å². The number of nitro benzene ring substituents is 1. The van der Waals surface area contributed by atoms with Crippen LogP contribution in [-0.4, -0.2) is 45.2 Å². The second-order valence-electron chi connectivity index (χ2n) is 6.54. The van der Waals surface area contributed by atoms with Crippen molar-refractivity contribution in [3.8, 4) is 5.75 Å². The van der Waals surface area contributed by atoms with Crippen molar-refractivity contribution in [2.75, 3.05) is 33.2 Å². The number of rotatable bonds is 8. The molecule has 2 rings (SSSR count). The Kier molecular flexibility index (Phi) is 6.94. The highest BCUT2D eigenvalue weighted by Crippen LogP contribution is 2.26. The van der Waals surface area contributed by atoms with Crippen LogP contribution in [-0.2, 0) is 4.74 Å². The Morgan fingerprint density at radius 1 is 1.14 bits per heavy atom. The lowest BCUT2D eigenvalue weighted by molar-refractivity contribution is -0.384. The molecule has 0 aliphatic rings. The molecule has 2 aromatic carbocycles. The van der Waals surface area contributed by atoms with Gasteiger partial charge in [0, 0.05) is 39.0 Å². The Morgan fingerprint density at radius 2 is 1.79 bits per heavy atom. The summed E-state index contributed by atoms with van der Waals surface area (Å²) in [6.45, 7) is 1.82. The van der Waals surface area contributed by atoms with E-state index in [9.17, 15) is 14.9 Å². The number of ether oxygens (including phenoxy) is 2. The van der Waals surface area contributed by atoms with Gasteiger partial charge in [0.25, 0.3) is 11.6 Å². The standard InChI is InChI=1S/C20H25N3O5/c1-13(19(28-5)14-6-9-16(27-4)10-7-14)21-20(24)17-12-15(23(25)26)8-11-18(17)22(2)3/h6-13,19H,1-5H3,(H,21,24). The smallest absolute Gasteiger partial charge is 0.270 e. The molecule has 28 heavy (non-hydrogen) atoms. The fourth-order valence-corrected chi connectivity index (χ4v) is 2.99. The Hall–Kier alpha value is -3.13. The van der Waals surface area contributed by atoms with Crippen LogP contribution in [0.4, 0.5) is 11.4 Å². The van der Waals surface area contributed by atoms with E-state index in [1.165, 1.54) is 12.1 Å². The Labute approximate surface area is 164 Å². The maximum Gasteiger partial charge on any atom is 0.270 e. The lowest BCUT2D eigenvalue weighted by Gasteiger charge is -2.25. The molecule has 2 atom stereocenters. The van der Waals surface area contributed by atoms with E-state index in [0.29, 0.717) is 5.69 Å². The molecule has 150 valence electrons. The van der Waals surface area contributed by atoms with Crippen LogP contribution >= 0.6 is 0 Å². The van der Waals surface area contributed by atoms with Crippen LogP contribution in [0.3, 0.4) is 0 Å². The zero-order valence-electron chi connectivity index (χ0n) is 16.6. The summed E-state index contributed by atoms with van der Waals surface area (Å²) in [5, 5.41) is 14.0. The van der Waals surface area contributed by atoms with Crippen LogP contribution in [0.25, 0.3) is 0 Å². The first-order valence-corrected chi connectivity index (χ1v) is 8.71. The molecule has 0 heterocycles. The summed E-state index contributed by atoms with van der Waals surface area (Å²) in [5.41, 5.74) is 1.56. The van der Waals surface area contributed by atoms with Crippen LogP contribution < -0.4 is 15.0 Å². The topological polar surface area (TPSA) is 93.9 Å². The van der Waals surface area contributed by atoms with Gasteiger partial charge >= 0.3 is 0 Å². The van der Waals surface area contributed by atoms with Crippen LogP contribution in [0.2, 0.25) is 0 Å². The maximum atomic E-state index is 12.9. The number of hydrogen-bond acceptors (Lipinski definition) is 6. The highest BCUT2D eigenvalue weighted by Gasteiger charge is 2.24. The minimum atomic E-state index is -0.519. The molecule has 0 aliphatic carbocycles. The van der Waals surface area contributed by atoms with Gasteiger partial charge in [0.05, 0.1) is 23.6 Å². The van der Waals surface area contributed by atoms with Gasteiger partial charge in [-0.3, -0.25) is 14.9 Å². The van der Waals surface area contributed by atoms with E-state index in [-0.39, 0.29) is 17.3 Å². The molecule has 8 heteroatoms. The van der Waals surface area contributed by atoms with Crippen LogP contribution in [0, 0.1) is 10.1 Å². The lowest BCUT2D eigenvalue weighted by Crippen LogP contribution is -2.38. The molecule has 0 fully saturated rings. The number of non-ortho nitro benzene ring substituents is 1. The van der Waals surface area contributed by atoms with Crippen molar-refractivity contribution in [2.24, 2.45) is 0 Å². The Balaban J connectivity index is 2.26. The largest absolute Gasteiger partial charge is 0.497 e. The van der Waals surface area contributed by atoms with Gasteiger partial charge in [0.15, 0.2) is 0 Å². The average molecular weight is 387 g/mol. The lowest BCUT2D eigenvalue weighted by atomic mass is 10.0. The molecule has 0 aromatic heterocycles. The number of methoxy groups -OCH3 is 2. The quantitative estimate of drug-likeness (QED) is 0.552. The fraction of sp³-hybridized carbons (Fsp3) is 0.350. The second-order valence-corrected chi connectivity index (χ2v) is 6.54. The first-order chi connectivity index (χ1) is 13.3. The molecule has 0 saturated carbocycles. The van der Waals surface area contributed by atoms with E-state index in [2.05, 4.69) is 5.32 Å². The van der Waals surface area contributed by atoms with E-state index in [4.69, 9.17) is 9.47 Å². The second kappa shape index (κ2) is 9.18. The van der Waals surface area contributed by atoms with Crippen molar-refractivity contribution in [3.05, 3.63) is 63.7 Å². The number of carbonyl (C=O) groups excluding carboxylic acids is 1. The van der Waals surface area contributed by atoms with Gasteiger partial charge in [-0.25, -0.2) is 0 Å². The third kappa shape index (κ3) is 4.77. The third-order valence-electron chi connectivity index (χ3n) is 4.43. The normalized spacial score (nSPS) is 12.8. The Morgan fingerprint density at radius 3 is 2.29 bits per heavy atom. The van der Waals surface area contributed by atoms with E-state index in [1.807, 2.05) is 31.2 Å². The molecule has 2 unspecified atom stereocenters. The van der Waals surface area contributed by atoms with Gasteiger partial charge in [0.1, 0.15) is 11.9 Å². The number of benzene rings is 2. The summed E-state index contributed by atoms with van der Waals surface area (Å²) < 4.78 is 10.7. The third-order valence-corrected chi connectivity index (χ3v) is 4.43.